The van der Waals surface area contributed by atoms with E-state index in [9.17, 15) is 0 Å². The Labute approximate surface area is 142 Å². The van der Waals surface area contributed by atoms with Gasteiger partial charge < -0.3 is 0 Å². The smallest absolute Gasteiger partial charge is 0.261 e. The van der Waals surface area contributed by atoms with Crippen molar-refractivity contribution in [1.82, 2.24) is 9.97 Å². The minimum absolute atomic E-state index is 0. The Morgan fingerprint density at radius 3 is 2.09 bits per heavy atom. The van der Waals surface area contributed by atoms with Crippen molar-refractivity contribution in [1.29, 1.82) is 0 Å². The molecule has 1 N–H and O–H groups in total. The molecule has 0 saturated carbocycles. The Morgan fingerprint density at radius 1 is 0.773 bits per heavy atom. The van der Waals surface area contributed by atoms with Crippen LogP contribution in [0.2, 0.25) is 0 Å². The molecule has 2 aromatic heterocycles. The van der Waals surface area contributed by atoms with Gasteiger partial charge >= 0.3 is 19.5 Å². The predicted molar refractivity (Wildman–Crippen MR) is 84.2 cm³/mol. The first-order valence-electron chi connectivity index (χ1n) is 6.65. The molecule has 0 radical (unpaired) electrons. The van der Waals surface area contributed by atoms with Crippen LogP contribution in [0.4, 0.5) is 5.82 Å². The van der Waals surface area contributed by atoms with Crippen molar-refractivity contribution in [3.8, 4) is 0 Å². The van der Waals surface area contributed by atoms with Gasteiger partial charge in [0.25, 0.3) is 0 Å². The number of nitrogens with zero attached hydrogens (tertiary/aromatic N) is 3. The van der Waals surface area contributed by atoms with Gasteiger partial charge in [-0.05, 0) is 24.3 Å². The fourth-order valence-corrected chi connectivity index (χ4v) is 1.91. The van der Waals surface area contributed by atoms with E-state index >= 15 is 0 Å². The van der Waals surface area contributed by atoms with Crippen molar-refractivity contribution in [3.63, 3.8) is 0 Å². The molecule has 0 atom stereocenters. The van der Waals surface area contributed by atoms with Crippen molar-refractivity contribution >= 4 is 11.5 Å². The summed E-state index contributed by atoms with van der Waals surface area (Å²) >= 11 is 0. The van der Waals surface area contributed by atoms with Gasteiger partial charge in [0.1, 0.15) is 11.5 Å². The molecule has 0 unspecified atom stereocenters. The second kappa shape index (κ2) is 8.15. The molecule has 102 valence electrons. The standard InChI is InChI=1S/C17H14N4.Zn/c1-2-8-14(9-3-1)17(15-10-4-6-12-18-15)21-20-16-11-5-7-13-19-16;/h1-13H,(H,19,20);/q;+2/b21-17+;. The summed E-state index contributed by atoms with van der Waals surface area (Å²) in [5, 5.41) is 4.48. The molecule has 0 aliphatic rings. The van der Waals surface area contributed by atoms with Gasteiger partial charge in [-0.3, -0.25) is 10.4 Å². The molecular formula is C17H14N4Zn+2. The van der Waals surface area contributed by atoms with Crippen LogP contribution < -0.4 is 5.43 Å². The summed E-state index contributed by atoms with van der Waals surface area (Å²) in [6, 6.07) is 21.4. The number of anilines is 1. The molecule has 0 aliphatic heterocycles. The van der Waals surface area contributed by atoms with E-state index < -0.39 is 0 Å². The van der Waals surface area contributed by atoms with Crippen molar-refractivity contribution in [2.24, 2.45) is 5.10 Å². The molecule has 3 aromatic rings. The maximum atomic E-state index is 4.48. The minimum Gasteiger partial charge on any atom is -0.261 e. The molecule has 5 heteroatoms. The van der Waals surface area contributed by atoms with Crippen molar-refractivity contribution in [2.45, 2.75) is 0 Å². The number of aromatic nitrogens is 2. The molecule has 0 spiro atoms. The van der Waals surface area contributed by atoms with Gasteiger partial charge in [-0.15, -0.1) is 0 Å². The third kappa shape index (κ3) is 4.06. The predicted octanol–water partition coefficient (Wildman–Crippen LogP) is 3.34. The van der Waals surface area contributed by atoms with Gasteiger partial charge in [-0.2, -0.15) is 5.10 Å². The number of rotatable bonds is 4. The Balaban J connectivity index is 0.00000176. The summed E-state index contributed by atoms with van der Waals surface area (Å²) in [6.45, 7) is 0. The fraction of sp³-hybridized carbons (Fsp3) is 0. The maximum Gasteiger partial charge on any atom is 2.00 e. The van der Waals surface area contributed by atoms with Crippen molar-refractivity contribution in [2.75, 3.05) is 5.43 Å². The van der Waals surface area contributed by atoms with Crippen LogP contribution in [0.1, 0.15) is 11.3 Å². The van der Waals surface area contributed by atoms with Crippen LogP contribution in [0.25, 0.3) is 0 Å². The molecule has 3 rings (SSSR count). The third-order valence-electron chi connectivity index (χ3n) is 2.90. The van der Waals surface area contributed by atoms with Crippen LogP contribution in [0, 0.1) is 0 Å². The van der Waals surface area contributed by atoms with E-state index in [1.54, 1.807) is 12.4 Å². The van der Waals surface area contributed by atoms with Crippen LogP contribution in [0.3, 0.4) is 0 Å². The maximum absolute atomic E-state index is 4.48. The van der Waals surface area contributed by atoms with E-state index in [0.29, 0.717) is 5.82 Å². The third-order valence-corrected chi connectivity index (χ3v) is 2.90. The van der Waals surface area contributed by atoms with Crippen LogP contribution in [0.15, 0.2) is 84.2 Å². The van der Waals surface area contributed by atoms with Gasteiger partial charge in [0, 0.05) is 18.0 Å². The van der Waals surface area contributed by atoms with Crippen LogP contribution >= 0.6 is 0 Å². The van der Waals surface area contributed by atoms with Gasteiger partial charge in [-0.1, -0.05) is 42.5 Å². The summed E-state index contributed by atoms with van der Waals surface area (Å²) in [5.41, 5.74) is 5.57. The summed E-state index contributed by atoms with van der Waals surface area (Å²) in [4.78, 5) is 8.58. The average molecular weight is 340 g/mol. The van der Waals surface area contributed by atoms with E-state index in [0.717, 1.165) is 17.0 Å². The Hall–Kier alpha value is -2.39. The summed E-state index contributed by atoms with van der Waals surface area (Å²) in [7, 11) is 0. The van der Waals surface area contributed by atoms with E-state index in [2.05, 4.69) is 20.5 Å². The topological polar surface area (TPSA) is 50.2 Å². The molecule has 0 aliphatic carbocycles. The van der Waals surface area contributed by atoms with Crippen molar-refractivity contribution in [3.05, 3.63) is 90.4 Å². The number of pyridine rings is 2. The Bertz CT molecular complexity index is 674. The average Bonchev–Trinajstić information content (AvgIpc) is 2.58. The second-order valence-corrected chi connectivity index (χ2v) is 4.37. The zero-order valence-corrected chi connectivity index (χ0v) is 15.0. The molecule has 1 aromatic carbocycles. The summed E-state index contributed by atoms with van der Waals surface area (Å²) < 4.78 is 0. The van der Waals surface area contributed by atoms with Gasteiger partial charge in [0.05, 0.1) is 5.69 Å². The van der Waals surface area contributed by atoms with Crippen molar-refractivity contribution < 1.29 is 19.5 Å². The molecule has 0 bridgehead atoms. The van der Waals surface area contributed by atoms with Gasteiger partial charge in [0.15, 0.2) is 0 Å². The first-order valence-corrected chi connectivity index (χ1v) is 6.65. The number of hydrazone groups is 1. The first-order chi connectivity index (χ1) is 10.4. The van der Waals surface area contributed by atoms with Gasteiger partial charge in [-0.25, -0.2) is 4.98 Å². The van der Waals surface area contributed by atoms with E-state index in [1.807, 2.05) is 66.7 Å². The molecular weight excluding hydrogens is 326 g/mol. The summed E-state index contributed by atoms with van der Waals surface area (Å²) in [5.74, 6) is 0.696. The molecule has 0 fully saturated rings. The number of hydrogen-bond acceptors (Lipinski definition) is 4. The van der Waals surface area contributed by atoms with E-state index in [1.165, 1.54) is 0 Å². The first kappa shape index (κ1) is 16.0. The van der Waals surface area contributed by atoms with Crippen LogP contribution in [-0.2, 0) is 19.5 Å². The van der Waals surface area contributed by atoms with Crippen LogP contribution in [0.5, 0.6) is 0 Å². The molecule has 4 nitrogen and oxygen atoms in total. The zero-order valence-electron chi connectivity index (χ0n) is 12.1. The summed E-state index contributed by atoms with van der Waals surface area (Å²) in [6.07, 6.45) is 3.48. The molecule has 0 saturated heterocycles. The minimum atomic E-state index is 0. The number of nitrogens with one attached hydrogen (secondary N) is 1. The SMILES string of the molecule is [Zn+2].c1ccc(/C(=N\Nc2ccccn2)c2ccccn2)cc1. The fourth-order valence-electron chi connectivity index (χ4n) is 1.91. The molecule has 2 heterocycles. The largest absolute Gasteiger partial charge is 2.00 e. The zero-order chi connectivity index (χ0) is 14.3. The second-order valence-electron chi connectivity index (χ2n) is 4.37. The monoisotopic (exact) mass is 338 g/mol. The number of hydrogen-bond donors (Lipinski definition) is 1. The Morgan fingerprint density at radius 2 is 1.45 bits per heavy atom. The quantitative estimate of drug-likeness (QED) is 0.450. The number of benzene rings is 1. The Kier molecular flexibility index (Phi) is 5.93. The molecule has 0 amide bonds. The van der Waals surface area contributed by atoms with Crippen LogP contribution in [-0.4, -0.2) is 15.7 Å². The van der Waals surface area contributed by atoms with E-state index in [-0.39, 0.29) is 19.5 Å². The van der Waals surface area contributed by atoms with E-state index in [4.69, 9.17) is 0 Å². The normalized spacial score (nSPS) is 10.6. The molecule has 22 heavy (non-hydrogen) atoms. The van der Waals surface area contributed by atoms with Gasteiger partial charge in [0.2, 0.25) is 0 Å².